The molecule has 2 aliphatic rings. The smallest absolute Gasteiger partial charge is 0.231 e. The van der Waals surface area contributed by atoms with Gasteiger partial charge < -0.3 is 29.4 Å². The number of nitrogens with one attached hydrogen (secondary N) is 2. The zero-order valence-electron chi connectivity index (χ0n) is 19.3. The van der Waals surface area contributed by atoms with E-state index in [0.29, 0.717) is 31.5 Å². The van der Waals surface area contributed by atoms with Crippen molar-refractivity contribution < 1.29 is 14.2 Å². The standard InChI is InChI=1S/C25H27N7O3/c1-2-4-19(5-3-1)33-13-8-26-23-22-24(28-16-27-22)30-25(29-23)32-11-9-31(10-12-32)15-18-6-7-20-21(14-18)35-17-34-20/h1-7,14,16H,8-13,15,17H2,(H2,26,27,28,29,30). The third-order valence-electron chi connectivity index (χ3n) is 6.18. The predicted molar refractivity (Wildman–Crippen MR) is 132 cm³/mol. The van der Waals surface area contributed by atoms with Crippen molar-refractivity contribution in [2.24, 2.45) is 0 Å². The van der Waals surface area contributed by atoms with Crippen molar-refractivity contribution in [2.45, 2.75) is 6.54 Å². The molecule has 35 heavy (non-hydrogen) atoms. The number of imidazole rings is 1. The van der Waals surface area contributed by atoms with Crippen LogP contribution in [-0.2, 0) is 6.54 Å². The minimum Gasteiger partial charge on any atom is -0.492 e. The third kappa shape index (κ3) is 4.78. The van der Waals surface area contributed by atoms with E-state index in [9.17, 15) is 0 Å². The van der Waals surface area contributed by atoms with Gasteiger partial charge in [-0.05, 0) is 29.8 Å². The summed E-state index contributed by atoms with van der Waals surface area (Å²) in [6.07, 6.45) is 1.65. The number of anilines is 2. The highest BCUT2D eigenvalue weighted by molar-refractivity contribution is 5.83. The van der Waals surface area contributed by atoms with Crippen LogP contribution in [0.3, 0.4) is 0 Å². The van der Waals surface area contributed by atoms with Gasteiger partial charge in [0.05, 0.1) is 12.9 Å². The Hall–Kier alpha value is -4.05. The Morgan fingerprint density at radius 2 is 1.83 bits per heavy atom. The van der Waals surface area contributed by atoms with E-state index < -0.39 is 0 Å². The average Bonchev–Trinajstić information content (AvgIpc) is 3.57. The van der Waals surface area contributed by atoms with Crippen molar-refractivity contribution in [3.8, 4) is 17.2 Å². The van der Waals surface area contributed by atoms with Gasteiger partial charge in [0.15, 0.2) is 23.0 Å². The lowest BCUT2D eigenvalue weighted by Crippen LogP contribution is -2.46. The maximum absolute atomic E-state index is 5.79. The maximum atomic E-state index is 5.79. The van der Waals surface area contributed by atoms with Gasteiger partial charge >= 0.3 is 0 Å². The first-order valence-corrected chi connectivity index (χ1v) is 11.8. The molecule has 0 atom stereocenters. The van der Waals surface area contributed by atoms with Crippen molar-refractivity contribution in [3.63, 3.8) is 0 Å². The summed E-state index contributed by atoms with van der Waals surface area (Å²) in [4.78, 5) is 21.7. The highest BCUT2D eigenvalue weighted by Crippen LogP contribution is 2.33. The number of nitrogens with zero attached hydrogens (tertiary/aromatic N) is 5. The summed E-state index contributed by atoms with van der Waals surface area (Å²) in [5.41, 5.74) is 2.68. The summed E-state index contributed by atoms with van der Waals surface area (Å²) >= 11 is 0. The first kappa shape index (κ1) is 21.5. The van der Waals surface area contributed by atoms with Gasteiger partial charge in [0.25, 0.3) is 0 Å². The van der Waals surface area contributed by atoms with Gasteiger partial charge in [-0.25, -0.2) is 4.98 Å². The molecule has 0 saturated carbocycles. The van der Waals surface area contributed by atoms with Crippen LogP contribution in [0.4, 0.5) is 11.8 Å². The number of rotatable bonds is 8. The van der Waals surface area contributed by atoms with E-state index in [0.717, 1.165) is 61.3 Å². The van der Waals surface area contributed by atoms with Crippen molar-refractivity contribution in [3.05, 3.63) is 60.4 Å². The zero-order valence-corrected chi connectivity index (χ0v) is 19.3. The third-order valence-corrected chi connectivity index (χ3v) is 6.18. The first-order chi connectivity index (χ1) is 17.3. The molecule has 6 rings (SSSR count). The number of piperazine rings is 1. The molecule has 4 aromatic rings. The largest absolute Gasteiger partial charge is 0.492 e. The molecule has 2 N–H and O–H groups in total. The molecule has 2 aromatic heterocycles. The zero-order chi connectivity index (χ0) is 23.5. The molecule has 0 radical (unpaired) electrons. The highest BCUT2D eigenvalue weighted by Gasteiger charge is 2.22. The number of H-pyrrole nitrogens is 1. The molecule has 0 unspecified atom stereocenters. The lowest BCUT2D eigenvalue weighted by Gasteiger charge is -2.34. The Labute approximate surface area is 202 Å². The molecule has 1 saturated heterocycles. The Balaban J connectivity index is 1.07. The summed E-state index contributed by atoms with van der Waals surface area (Å²) in [5, 5.41) is 3.38. The molecule has 2 aliphatic heterocycles. The molecule has 1 fully saturated rings. The van der Waals surface area contributed by atoms with Crippen LogP contribution in [0.2, 0.25) is 0 Å². The minimum absolute atomic E-state index is 0.300. The number of hydrogen-bond donors (Lipinski definition) is 2. The Bertz CT molecular complexity index is 1290. The molecule has 0 spiro atoms. The number of hydrogen-bond acceptors (Lipinski definition) is 9. The van der Waals surface area contributed by atoms with Crippen LogP contribution in [0.15, 0.2) is 54.9 Å². The summed E-state index contributed by atoms with van der Waals surface area (Å²) in [7, 11) is 0. The van der Waals surface area contributed by atoms with Crippen LogP contribution in [0.1, 0.15) is 5.56 Å². The summed E-state index contributed by atoms with van der Waals surface area (Å²) in [6.45, 7) is 5.84. The molecule has 180 valence electrons. The second-order valence-electron chi connectivity index (χ2n) is 8.51. The van der Waals surface area contributed by atoms with Crippen LogP contribution >= 0.6 is 0 Å². The summed E-state index contributed by atoms with van der Waals surface area (Å²) in [5.74, 6) is 3.93. The molecule has 0 bridgehead atoms. The fourth-order valence-electron chi connectivity index (χ4n) is 4.35. The molecule has 10 nitrogen and oxygen atoms in total. The molecule has 0 amide bonds. The van der Waals surface area contributed by atoms with Crippen molar-refractivity contribution >= 4 is 22.9 Å². The Morgan fingerprint density at radius 3 is 2.71 bits per heavy atom. The second-order valence-corrected chi connectivity index (χ2v) is 8.51. The van der Waals surface area contributed by atoms with E-state index in [4.69, 9.17) is 24.2 Å². The van der Waals surface area contributed by atoms with Crippen LogP contribution in [-0.4, -0.2) is 71.0 Å². The average molecular weight is 474 g/mol. The molecule has 0 aliphatic carbocycles. The number of ether oxygens (including phenoxy) is 3. The number of aromatic nitrogens is 4. The van der Waals surface area contributed by atoms with Crippen LogP contribution in [0.25, 0.3) is 11.2 Å². The number of aromatic amines is 1. The van der Waals surface area contributed by atoms with Crippen LogP contribution in [0.5, 0.6) is 17.2 Å². The second kappa shape index (κ2) is 9.67. The Kier molecular flexibility index (Phi) is 5.93. The first-order valence-electron chi connectivity index (χ1n) is 11.8. The minimum atomic E-state index is 0.300. The van der Waals surface area contributed by atoms with E-state index in [1.165, 1.54) is 5.56 Å². The van der Waals surface area contributed by atoms with Gasteiger partial charge in [-0.1, -0.05) is 24.3 Å². The molecule has 10 heteroatoms. The van der Waals surface area contributed by atoms with E-state index in [1.54, 1.807) is 6.33 Å². The molecule has 2 aromatic carbocycles. The monoisotopic (exact) mass is 473 g/mol. The fraction of sp³-hybridized carbons (Fsp3) is 0.320. The van der Waals surface area contributed by atoms with E-state index in [-0.39, 0.29) is 0 Å². The molecule has 4 heterocycles. The quantitative estimate of drug-likeness (QED) is 0.374. The lowest BCUT2D eigenvalue weighted by atomic mass is 10.1. The molecular formula is C25H27N7O3. The van der Waals surface area contributed by atoms with Gasteiger partial charge in [0, 0.05) is 32.7 Å². The SMILES string of the molecule is c1ccc(OCCNc2nc(N3CCN(Cc4ccc5c(c4)OCO5)CC3)nc3nc[nH]c23)cc1. The van der Waals surface area contributed by atoms with Gasteiger partial charge in [0.2, 0.25) is 12.7 Å². The predicted octanol–water partition coefficient (Wildman–Crippen LogP) is 2.89. The van der Waals surface area contributed by atoms with Crippen molar-refractivity contribution in [2.75, 3.05) is 56.3 Å². The van der Waals surface area contributed by atoms with Gasteiger partial charge in [0.1, 0.15) is 17.9 Å². The topological polar surface area (TPSA) is 101 Å². The van der Waals surface area contributed by atoms with Gasteiger partial charge in [-0.3, -0.25) is 4.90 Å². The molecular weight excluding hydrogens is 446 g/mol. The van der Waals surface area contributed by atoms with Crippen LogP contribution in [0, 0.1) is 0 Å². The summed E-state index contributed by atoms with van der Waals surface area (Å²) < 4.78 is 16.7. The number of benzene rings is 2. The lowest BCUT2D eigenvalue weighted by molar-refractivity contribution is 0.174. The maximum Gasteiger partial charge on any atom is 0.231 e. The fourth-order valence-corrected chi connectivity index (χ4v) is 4.35. The Morgan fingerprint density at radius 1 is 0.971 bits per heavy atom. The van der Waals surface area contributed by atoms with E-state index in [1.807, 2.05) is 36.4 Å². The van der Waals surface area contributed by atoms with E-state index in [2.05, 4.69) is 37.2 Å². The number of para-hydroxylation sites is 1. The highest BCUT2D eigenvalue weighted by atomic mass is 16.7. The van der Waals surface area contributed by atoms with Crippen LogP contribution < -0.4 is 24.4 Å². The van der Waals surface area contributed by atoms with Crippen molar-refractivity contribution in [1.29, 1.82) is 0 Å². The van der Waals surface area contributed by atoms with Crippen molar-refractivity contribution in [1.82, 2.24) is 24.8 Å². The van der Waals surface area contributed by atoms with Gasteiger partial charge in [-0.15, -0.1) is 0 Å². The normalized spacial score (nSPS) is 15.5. The van der Waals surface area contributed by atoms with E-state index >= 15 is 0 Å². The summed E-state index contributed by atoms with van der Waals surface area (Å²) in [6, 6.07) is 16.0. The van der Waals surface area contributed by atoms with Gasteiger partial charge in [-0.2, -0.15) is 9.97 Å². The number of fused-ring (bicyclic) bond motifs is 2.